The van der Waals surface area contributed by atoms with Crippen LogP contribution >= 0.6 is 0 Å². The summed E-state index contributed by atoms with van der Waals surface area (Å²) < 4.78 is 8.45. The van der Waals surface area contributed by atoms with Gasteiger partial charge in [-0.3, -0.25) is 0 Å². The summed E-state index contributed by atoms with van der Waals surface area (Å²) in [6.45, 7) is 2.10. The molecule has 3 heterocycles. The monoisotopic (exact) mass is 363 g/mol. The molecule has 0 saturated heterocycles. The van der Waals surface area contributed by atoms with Gasteiger partial charge in [0.15, 0.2) is 0 Å². The molecule has 0 saturated carbocycles. The van der Waals surface area contributed by atoms with E-state index in [1.165, 1.54) is 0 Å². The van der Waals surface area contributed by atoms with E-state index in [0.717, 1.165) is 55.1 Å². The first-order valence-corrected chi connectivity index (χ1v) is 9.34. The van der Waals surface area contributed by atoms with Crippen molar-refractivity contribution < 1.29 is 4.42 Å². The van der Waals surface area contributed by atoms with Gasteiger partial charge in [0.05, 0.1) is 22.0 Å². The number of pyridine rings is 1. The second-order valence-corrected chi connectivity index (χ2v) is 7.24. The molecule has 6 aromatic rings. The van der Waals surface area contributed by atoms with Crippen LogP contribution in [0.2, 0.25) is 0 Å². The van der Waals surface area contributed by atoms with Gasteiger partial charge in [-0.05, 0) is 30.0 Å². The summed E-state index contributed by atoms with van der Waals surface area (Å²) in [4.78, 5) is 9.49. The van der Waals surface area contributed by atoms with Crippen molar-refractivity contribution in [2.24, 2.45) is 7.05 Å². The van der Waals surface area contributed by atoms with Gasteiger partial charge in [0.2, 0.25) is 5.71 Å². The second kappa shape index (κ2) is 5.42. The zero-order valence-electron chi connectivity index (χ0n) is 15.6. The van der Waals surface area contributed by atoms with E-state index in [-0.39, 0.29) is 0 Å². The van der Waals surface area contributed by atoms with Crippen molar-refractivity contribution in [1.82, 2.24) is 14.5 Å². The molecule has 0 amide bonds. The summed E-state index contributed by atoms with van der Waals surface area (Å²) in [5.74, 6) is 0.910. The quantitative estimate of drug-likeness (QED) is 0.360. The standard InChI is InChI=1S/C24H17N3O/c1-14-11-12-17-21-16-8-4-3-7-15(16)13-25-24(21)28-22(17)20(14)23-26-18-9-5-6-10-19(18)27(23)2/h3-13H,1-2H3. The van der Waals surface area contributed by atoms with E-state index < -0.39 is 0 Å². The Kier molecular flexibility index (Phi) is 2.98. The van der Waals surface area contributed by atoms with Crippen LogP contribution in [0.4, 0.5) is 0 Å². The molecule has 0 aliphatic heterocycles. The summed E-state index contributed by atoms with van der Waals surface area (Å²) in [6, 6.07) is 20.8. The Morgan fingerprint density at radius 1 is 0.893 bits per heavy atom. The molecule has 134 valence electrons. The van der Waals surface area contributed by atoms with Crippen LogP contribution in [0, 0.1) is 6.92 Å². The van der Waals surface area contributed by atoms with Crippen LogP contribution in [-0.2, 0) is 7.05 Å². The van der Waals surface area contributed by atoms with Crippen molar-refractivity contribution in [3.05, 3.63) is 72.4 Å². The van der Waals surface area contributed by atoms with E-state index in [4.69, 9.17) is 9.40 Å². The lowest BCUT2D eigenvalue weighted by Crippen LogP contribution is -1.95. The lowest BCUT2D eigenvalue weighted by atomic mass is 10.0. The lowest BCUT2D eigenvalue weighted by Gasteiger charge is -2.07. The van der Waals surface area contributed by atoms with Crippen molar-refractivity contribution in [2.75, 3.05) is 0 Å². The lowest BCUT2D eigenvalue weighted by molar-refractivity contribution is 0.654. The zero-order valence-corrected chi connectivity index (χ0v) is 15.6. The van der Waals surface area contributed by atoms with Crippen molar-refractivity contribution in [2.45, 2.75) is 6.92 Å². The van der Waals surface area contributed by atoms with Gasteiger partial charge >= 0.3 is 0 Å². The van der Waals surface area contributed by atoms with Crippen LogP contribution in [0.1, 0.15) is 5.56 Å². The number of aromatic nitrogens is 3. The number of nitrogens with zero attached hydrogens (tertiary/aromatic N) is 3. The third kappa shape index (κ3) is 1.94. The topological polar surface area (TPSA) is 43.9 Å². The van der Waals surface area contributed by atoms with Crippen LogP contribution in [0.3, 0.4) is 0 Å². The predicted octanol–water partition coefficient (Wildman–Crippen LogP) is 6.00. The number of rotatable bonds is 1. The molecule has 0 fully saturated rings. The molecule has 3 aromatic heterocycles. The third-order valence-corrected chi connectivity index (χ3v) is 5.61. The first-order chi connectivity index (χ1) is 13.7. The van der Waals surface area contributed by atoms with Crippen molar-refractivity contribution in [1.29, 1.82) is 0 Å². The summed E-state index contributed by atoms with van der Waals surface area (Å²) in [5.41, 5.74) is 5.76. The van der Waals surface area contributed by atoms with Gasteiger partial charge in [0.1, 0.15) is 11.4 Å². The largest absolute Gasteiger partial charge is 0.437 e. The van der Waals surface area contributed by atoms with Gasteiger partial charge in [-0.2, -0.15) is 0 Å². The maximum Gasteiger partial charge on any atom is 0.227 e. The third-order valence-electron chi connectivity index (χ3n) is 5.61. The molecule has 6 rings (SSSR count). The molecule has 0 aliphatic carbocycles. The molecule has 0 aliphatic rings. The van der Waals surface area contributed by atoms with Crippen LogP contribution in [-0.4, -0.2) is 14.5 Å². The summed E-state index contributed by atoms with van der Waals surface area (Å²) in [6.07, 6.45) is 1.88. The second-order valence-electron chi connectivity index (χ2n) is 7.24. The minimum absolute atomic E-state index is 0.666. The summed E-state index contributed by atoms with van der Waals surface area (Å²) in [7, 11) is 2.05. The molecular formula is C24H17N3O. The maximum absolute atomic E-state index is 6.31. The smallest absolute Gasteiger partial charge is 0.227 e. The van der Waals surface area contributed by atoms with Gasteiger partial charge in [0, 0.05) is 24.0 Å². The van der Waals surface area contributed by atoms with Crippen LogP contribution in [0.15, 0.2) is 71.3 Å². The minimum atomic E-state index is 0.666. The van der Waals surface area contributed by atoms with E-state index in [1.807, 2.05) is 30.5 Å². The highest BCUT2D eigenvalue weighted by Crippen LogP contribution is 2.39. The summed E-state index contributed by atoms with van der Waals surface area (Å²) in [5, 5.41) is 4.41. The van der Waals surface area contributed by atoms with Gasteiger partial charge in [0.25, 0.3) is 0 Å². The van der Waals surface area contributed by atoms with Crippen molar-refractivity contribution in [3.63, 3.8) is 0 Å². The van der Waals surface area contributed by atoms with Gasteiger partial charge in [-0.25, -0.2) is 9.97 Å². The normalized spacial score (nSPS) is 11.9. The molecule has 0 spiro atoms. The Morgan fingerprint density at radius 2 is 1.71 bits per heavy atom. The Bertz CT molecular complexity index is 1540. The number of hydrogen-bond acceptors (Lipinski definition) is 3. The Hall–Kier alpha value is -3.66. The Morgan fingerprint density at radius 3 is 2.61 bits per heavy atom. The minimum Gasteiger partial charge on any atom is -0.437 e. The highest BCUT2D eigenvalue weighted by atomic mass is 16.3. The predicted molar refractivity (Wildman–Crippen MR) is 113 cm³/mol. The average Bonchev–Trinajstić information content (AvgIpc) is 3.26. The summed E-state index contributed by atoms with van der Waals surface area (Å²) >= 11 is 0. The molecule has 0 unspecified atom stereocenters. The number of fused-ring (bicyclic) bond motifs is 6. The molecule has 0 radical (unpaired) electrons. The van der Waals surface area contributed by atoms with Crippen LogP contribution in [0.25, 0.3) is 55.3 Å². The first-order valence-electron chi connectivity index (χ1n) is 9.34. The number of benzene rings is 3. The van der Waals surface area contributed by atoms with Gasteiger partial charge < -0.3 is 8.98 Å². The molecule has 4 heteroatoms. The highest BCUT2D eigenvalue weighted by molar-refractivity contribution is 6.19. The number of hydrogen-bond donors (Lipinski definition) is 0. The first kappa shape index (κ1) is 15.4. The highest BCUT2D eigenvalue weighted by Gasteiger charge is 2.20. The Balaban J connectivity index is 1.79. The average molecular weight is 363 g/mol. The maximum atomic E-state index is 6.31. The number of aryl methyl sites for hydroxylation is 2. The van der Waals surface area contributed by atoms with E-state index in [2.05, 4.69) is 59.9 Å². The van der Waals surface area contributed by atoms with E-state index in [0.29, 0.717) is 5.71 Å². The van der Waals surface area contributed by atoms with Crippen molar-refractivity contribution in [3.8, 4) is 11.4 Å². The molecule has 28 heavy (non-hydrogen) atoms. The number of furan rings is 1. The van der Waals surface area contributed by atoms with Gasteiger partial charge in [-0.1, -0.05) is 48.5 Å². The molecule has 3 aromatic carbocycles. The number of imidazole rings is 1. The van der Waals surface area contributed by atoms with E-state index >= 15 is 0 Å². The fourth-order valence-electron chi connectivity index (χ4n) is 4.21. The van der Waals surface area contributed by atoms with Crippen molar-refractivity contribution >= 4 is 43.9 Å². The van der Waals surface area contributed by atoms with Crippen LogP contribution < -0.4 is 0 Å². The van der Waals surface area contributed by atoms with Gasteiger partial charge in [-0.15, -0.1) is 0 Å². The fourth-order valence-corrected chi connectivity index (χ4v) is 4.21. The molecule has 0 atom stereocenters. The SMILES string of the molecule is Cc1ccc2c(oc3ncc4ccccc4c32)c1-c1nc2ccccc2n1C. The van der Waals surface area contributed by atoms with Crippen LogP contribution in [0.5, 0.6) is 0 Å². The number of para-hydroxylation sites is 2. The molecule has 0 N–H and O–H groups in total. The van der Waals surface area contributed by atoms with E-state index in [9.17, 15) is 0 Å². The molecular weight excluding hydrogens is 346 g/mol. The molecule has 4 nitrogen and oxygen atoms in total. The Labute approximate surface area is 161 Å². The zero-order chi connectivity index (χ0) is 18.8. The molecule has 0 bridgehead atoms. The van der Waals surface area contributed by atoms with E-state index in [1.54, 1.807) is 0 Å². The fraction of sp³-hybridized carbons (Fsp3) is 0.0833.